The molecule has 0 radical (unpaired) electrons. The zero-order valence-corrected chi connectivity index (χ0v) is 14.1. The van der Waals surface area contributed by atoms with Gasteiger partial charge in [0.2, 0.25) is 0 Å². The molecule has 2 aromatic carbocycles. The van der Waals surface area contributed by atoms with Crippen molar-refractivity contribution in [2.75, 3.05) is 11.9 Å². The molecule has 1 N–H and O–H groups in total. The number of anilines is 1. The fourth-order valence-corrected chi connectivity index (χ4v) is 2.22. The second-order valence-corrected chi connectivity index (χ2v) is 6.67. The maximum atomic E-state index is 5.60. The van der Waals surface area contributed by atoms with Crippen molar-refractivity contribution in [3.05, 3.63) is 59.7 Å². The summed E-state index contributed by atoms with van der Waals surface area (Å²) >= 11 is 0. The molecule has 0 bridgehead atoms. The minimum absolute atomic E-state index is 0.201. The van der Waals surface area contributed by atoms with E-state index >= 15 is 0 Å². The Kier molecular flexibility index (Phi) is 5.48. The molecule has 2 aromatic rings. The average molecular weight is 297 g/mol. The standard InChI is InChI=1S/C20H27NO/c1-5-14-22-19-12-6-16(7-13-19)15-21-18-10-8-17(9-11-18)20(2,3)4/h6-13,21H,5,14-15H2,1-4H3. The van der Waals surface area contributed by atoms with Crippen LogP contribution in [0.5, 0.6) is 5.75 Å². The van der Waals surface area contributed by atoms with E-state index in [1.165, 1.54) is 11.1 Å². The van der Waals surface area contributed by atoms with Crippen LogP contribution in [-0.4, -0.2) is 6.61 Å². The molecule has 22 heavy (non-hydrogen) atoms. The highest BCUT2D eigenvalue weighted by atomic mass is 16.5. The lowest BCUT2D eigenvalue weighted by molar-refractivity contribution is 0.317. The molecule has 118 valence electrons. The van der Waals surface area contributed by atoms with E-state index in [4.69, 9.17) is 4.74 Å². The lowest BCUT2D eigenvalue weighted by atomic mass is 9.87. The van der Waals surface area contributed by atoms with Crippen LogP contribution >= 0.6 is 0 Å². The summed E-state index contributed by atoms with van der Waals surface area (Å²) in [7, 11) is 0. The number of hydrogen-bond donors (Lipinski definition) is 1. The van der Waals surface area contributed by atoms with Gasteiger partial charge in [-0.15, -0.1) is 0 Å². The molecule has 0 aliphatic heterocycles. The van der Waals surface area contributed by atoms with E-state index in [1.807, 2.05) is 12.1 Å². The Balaban J connectivity index is 1.90. The van der Waals surface area contributed by atoms with Gasteiger partial charge in [0.1, 0.15) is 5.75 Å². The lowest BCUT2D eigenvalue weighted by Gasteiger charge is -2.19. The summed E-state index contributed by atoms with van der Waals surface area (Å²) in [6.07, 6.45) is 1.04. The van der Waals surface area contributed by atoms with E-state index in [9.17, 15) is 0 Å². The molecule has 2 rings (SSSR count). The molecule has 0 spiro atoms. The highest BCUT2D eigenvalue weighted by Gasteiger charge is 2.12. The molecule has 0 saturated carbocycles. The Morgan fingerprint density at radius 2 is 1.55 bits per heavy atom. The van der Waals surface area contributed by atoms with Crippen molar-refractivity contribution in [2.24, 2.45) is 0 Å². The SMILES string of the molecule is CCCOc1ccc(CNc2ccc(C(C)(C)C)cc2)cc1. The molecule has 0 aromatic heterocycles. The van der Waals surface area contributed by atoms with Crippen molar-refractivity contribution in [1.29, 1.82) is 0 Å². The van der Waals surface area contributed by atoms with Crippen LogP contribution in [0, 0.1) is 0 Å². The zero-order valence-electron chi connectivity index (χ0n) is 14.1. The maximum absolute atomic E-state index is 5.60. The quantitative estimate of drug-likeness (QED) is 0.772. The van der Waals surface area contributed by atoms with Crippen LogP contribution in [0.1, 0.15) is 45.2 Å². The molecule has 0 aliphatic rings. The summed E-state index contributed by atoms with van der Waals surface area (Å²) in [4.78, 5) is 0. The first-order chi connectivity index (χ1) is 10.5. The van der Waals surface area contributed by atoms with Gasteiger partial charge >= 0.3 is 0 Å². The fraction of sp³-hybridized carbons (Fsp3) is 0.400. The second kappa shape index (κ2) is 7.35. The van der Waals surface area contributed by atoms with Gasteiger partial charge in [0.25, 0.3) is 0 Å². The highest BCUT2D eigenvalue weighted by molar-refractivity contribution is 5.46. The van der Waals surface area contributed by atoms with Crippen molar-refractivity contribution in [3.8, 4) is 5.75 Å². The molecule has 0 fully saturated rings. The third kappa shape index (κ3) is 4.80. The number of nitrogens with one attached hydrogen (secondary N) is 1. The summed E-state index contributed by atoms with van der Waals surface area (Å²) in [5, 5.41) is 3.46. The van der Waals surface area contributed by atoms with Crippen molar-refractivity contribution in [2.45, 2.75) is 46.1 Å². The monoisotopic (exact) mass is 297 g/mol. The molecule has 0 amide bonds. The van der Waals surface area contributed by atoms with Gasteiger partial charge in [-0.3, -0.25) is 0 Å². The van der Waals surface area contributed by atoms with Crippen LogP contribution in [-0.2, 0) is 12.0 Å². The van der Waals surface area contributed by atoms with Gasteiger partial charge in [0.15, 0.2) is 0 Å². The highest BCUT2D eigenvalue weighted by Crippen LogP contribution is 2.23. The first-order valence-corrected chi connectivity index (χ1v) is 8.05. The van der Waals surface area contributed by atoms with Gasteiger partial charge < -0.3 is 10.1 Å². The topological polar surface area (TPSA) is 21.3 Å². The number of ether oxygens (including phenoxy) is 1. The third-order valence-electron chi connectivity index (χ3n) is 3.64. The van der Waals surface area contributed by atoms with Crippen LogP contribution in [0.2, 0.25) is 0 Å². The number of rotatable bonds is 6. The predicted octanol–water partition coefficient (Wildman–Crippen LogP) is 5.39. The molecule has 2 nitrogen and oxygen atoms in total. The van der Waals surface area contributed by atoms with E-state index in [1.54, 1.807) is 0 Å². The van der Waals surface area contributed by atoms with E-state index in [2.05, 4.69) is 69.4 Å². The molecule has 0 saturated heterocycles. The Hall–Kier alpha value is -1.96. The first-order valence-electron chi connectivity index (χ1n) is 8.05. The normalized spacial score (nSPS) is 11.3. The zero-order chi connectivity index (χ0) is 16.0. The van der Waals surface area contributed by atoms with Crippen molar-refractivity contribution >= 4 is 5.69 Å². The van der Waals surface area contributed by atoms with Crippen LogP contribution < -0.4 is 10.1 Å². The Morgan fingerprint density at radius 3 is 2.09 bits per heavy atom. The van der Waals surface area contributed by atoms with Gasteiger partial charge in [-0.1, -0.05) is 52.0 Å². The lowest BCUT2D eigenvalue weighted by Crippen LogP contribution is -2.10. The molecule has 0 unspecified atom stereocenters. The summed E-state index contributed by atoms with van der Waals surface area (Å²) in [5.74, 6) is 0.945. The molecular weight excluding hydrogens is 270 g/mol. The third-order valence-corrected chi connectivity index (χ3v) is 3.64. The van der Waals surface area contributed by atoms with Gasteiger partial charge in [0, 0.05) is 12.2 Å². The molecule has 0 aliphatic carbocycles. The fourth-order valence-electron chi connectivity index (χ4n) is 2.22. The average Bonchev–Trinajstić information content (AvgIpc) is 2.51. The Bertz CT molecular complexity index is 564. The Labute approximate surface area is 134 Å². The Morgan fingerprint density at radius 1 is 0.909 bits per heavy atom. The largest absolute Gasteiger partial charge is 0.494 e. The molecular formula is C20H27NO. The van der Waals surface area contributed by atoms with Crippen LogP contribution in [0.4, 0.5) is 5.69 Å². The number of benzene rings is 2. The molecule has 2 heteroatoms. The summed E-state index contributed by atoms with van der Waals surface area (Å²) in [6, 6.07) is 17.0. The minimum atomic E-state index is 0.201. The van der Waals surface area contributed by atoms with Crippen molar-refractivity contribution < 1.29 is 4.74 Å². The second-order valence-electron chi connectivity index (χ2n) is 6.67. The predicted molar refractivity (Wildman–Crippen MR) is 94.7 cm³/mol. The van der Waals surface area contributed by atoms with Crippen LogP contribution in [0.25, 0.3) is 0 Å². The van der Waals surface area contributed by atoms with Gasteiger partial charge in [-0.05, 0) is 47.2 Å². The summed E-state index contributed by atoms with van der Waals surface area (Å²) in [5.41, 5.74) is 3.96. The molecule has 0 heterocycles. The van der Waals surface area contributed by atoms with Gasteiger partial charge in [0.05, 0.1) is 6.61 Å². The van der Waals surface area contributed by atoms with Crippen molar-refractivity contribution in [3.63, 3.8) is 0 Å². The maximum Gasteiger partial charge on any atom is 0.119 e. The van der Waals surface area contributed by atoms with Crippen molar-refractivity contribution in [1.82, 2.24) is 0 Å². The van der Waals surface area contributed by atoms with E-state index in [0.29, 0.717) is 0 Å². The number of hydrogen-bond acceptors (Lipinski definition) is 2. The minimum Gasteiger partial charge on any atom is -0.494 e. The smallest absolute Gasteiger partial charge is 0.119 e. The molecule has 0 atom stereocenters. The summed E-state index contributed by atoms with van der Waals surface area (Å²) < 4.78 is 5.60. The summed E-state index contributed by atoms with van der Waals surface area (Å²) in [6.45, 7) is 10.4. The van der Waals surface area contributed by atoms with Crippen LogP contribution in [0.3, 0.4) is 0 Å². The van der Waals surface area contributed by atoms with E-state index < -0.39 is 0 Å². The van der Waals surface area contributed by atoms with Crippen LogP contribution in [0.15, 0.2) is 48.5 Å². The first kappa shape index (κ1) is 16.4. The van der Waals surface area contributed by atoms with E-state index in [-0.39, 0.29) is 5.41 Å². The van der Waals surface area contributed by atoms with Gasteiger partial charge in [-0.25, -0.2) is 0 Å². The van der Waals surface area contributed by atoms with Gasteiger partial charge in [-0.2, -0.15) is 0 Å². The van der Waals surface area contributed by atoms with E-state index in [0.717, 1.165) is 31.0 Å².